The van der Waals surface area contributed by atoms with Gasteiger partial charge in [0.05, 0.1) is 7.11 Å². The van der Waals surface area contributed by atoms with Crippen LogP contribution in [0.3, 0.4) is 0 Å². The average molecular weight is 281 g/mol. The summed E-state index contributed by atoms with van der Waals surface area (Å²) in [5, 5.41) is 13.2. The topological polar surface area (TPSA) is 50.7 Å². The van der Waals surface area contributed by atoms with Crippen LogP contribution in [0.4, 0.5) is 0 Å². The van der Waals surface area contributed by atoms with Gasteiger partial charge in [-0.2, -0.15) is 0 Å². The second-order valence-corrected chi connectivity index (χ2v) is 5.07. The molecule has 1 aromatic rings. The summed E-state index contributed by atoms with van der Waals surface area (Å²) in [4.78, 5) is 0. The van der Waals surface area contributed by atoms with Crippen molar-refractivity contribution in [3.8, 4) is 11.5 Å². The molecule has 0 fully saturated rings. The van der Waals surface area contributed by atoms with Crippen LogP contribution in [0.15, 0.2) is 24.3 Å². The van der Waals surface area contributed by atoms with Crippen LogP contribution in [0.1, 0.15) is 33.1 Å². The quantitative estimate of drug-likeness (QED) is 0.692. The predicted octanol–water partition coefficient (Wildman–Crippen LogP) is 2.60. The first kappa shape index (κ1) is 16.8. The molecule has 0 spiro atoms. The number of benzene rings is 1. The highest BCUT2D eigenvalue weighted by atomic mass is 16.5. The standard InChI is InChI=1S/C16H27NO3/c1-4-5-8-13(2)17-11-14(18)12-20-16-10-7-6-9-15(16)19-3/h6-7,9-10,13-14,17-18H,4-5,8,11-12H2,1-3H3. The highest BCUT2D eigenvalue weighted by molar-refractivity contribution is 5.39. The minimum atomic E-state index is -0.524. The van der Waals surface area contributed by atoms with Crippen molar-refractivity contribution in [3.63, 3.8) is 0 Å². The van der Waals surface area contributed by atoms with Crippen molar-refractivity contribution in [1.29, 1.82) is 0 Å². The van der Waals surface area contributed by atoms with Crippen LogP contribution in [0.2, 0.25) is 0 Å². The highest BCUT2D eigenvalue weighted by Gasteiger charge is 2.09. The SMILES string of the molecule is CCCCC(C)NCC(O)COc1ccccc1OC. The lowest BCUT2D eigenvalue weighted by molar-refractivity contribution is 0.102. The molecule has 20 heavy (non-hydrogen) atoms. The van der Waals surface area contributed by atoms with E-state index in [0.717, 1.165) is 6.42 Å². The van der Waals surface area contributed by atoms with Crippen LogP contribution in [0.5, 0.6) is 11.5 Å². The maximum atomic E-state index is 9.92. The van der Waals surface area contributed by atoms with Crippen LogP contribution < -0.4 is 14.8 Å². The third-order valence-electron chi connectivity index (χ3n) is 3.19. The van der Waals surface area contributed by atoms with E-state index in [0.29, 0.717) is 24.1 Å². The number of nitrogens with one attached hydrogen (secondary N) is 1. The number of aliphatic hydroxyl groups is 1. The second kappa shape index (κ2) is 9.61. The van der Waals surface area contributed by atoms with Gasteiger partial charge in [0.15, 0.2) is 11.5 Å². The molecule has 0 heterocycles. The number of hydrogen-bond donors (Lipinski definition) is 2. The maximum absolute atomic E-state index is 9.92. The van der Waals surface area contributed by atoms with Crippen LogP contribution >= 0.6 is 0 Å². The fourth-order valence-corrected chi connectivity index (χ4v) is 1.93. The number of rotatable bonds is 10. The lowest BCUT2D eigenvalue weighted by Gasteiger charge is -2.18. The van der Waals surface area contributed by atoms with Crippen LogP contribution in [0.25, 0.3) is 0 Å². The molecule has 114 valence electrons. The first-order chi connectivity index (χ1) is 9.67. The van der Waals surface area contributed by atoms with E-state index >= 15 is 0 Å². The molecule has 2 atom stereocenters. The van der Waals surface area contributed by atoms with Gasteiger partial charge in [0, 0.05) is 12.6 Å². The van der Waals surface area contributed by atoms with Gasteiger partial charge < -0.3 is 19.9 Å². The Morgan fingerprint density at radius 2 is 1.95 bits per heavy atom. The van der Waals surface area contributed by atoms with Crippen LogP contribution in [0, 0.1) is 0 Å². The molecule has 4 nitrogen and oxygen atoms in total. The molecule has 0 aliphatic carbocycles. The van der Waals surface area contributed by atoms with Gasteiger partial charge in [-0.25, -0.2) is 0 Å². The number of hydrogen-bond acceptors (Lipinski definition) is 4. The van der Waals surface area contributed by atoms with E-state index in [4.69, 9.17) is 9.47 Å². The van der Waals surface area contributed by atoms with Gasteiger partial charge in [-0.1, -0.05) is 31.9 Å². The van der Waals surface area contributed by atoms with Gasteiger partial charge in [0.1, 0.15) is 12.7 Å². The molecule has 4 heteroatoms. The van der Waals surface area contributed by atoms with Crippen LogP contribution in [-0.2, 0) is 0 Å². The van der Waals surface area contributed by atoms with Gasteiger partial charge in [-0.05, 0) is 25.5 Å². The monoisotopic (exact) mass is 281 g/mol. The molecule has 1 aromatic carbocycles. The molecule has 0 aromatic heterocycles. The molecule has 0 aliphatic heterocycles. The van der Waals surface area contributed by atoms with Crippen molar-refractivity contribution in [3.05, 3.63) is 24.3 Å². The summed E-state index contributed by atoms with van der Waals surface area (Å²) in [5.41, 5.74) is 0. The zero-order chi connectivity index (χ0) is 14.8. The Balaban J connectivity index is 2.27. The highest BCUT2D eigenvalue weighted by Crippen LogP contribution is 2.25. The molecule has 2 unspecified atom stereocenters. The van der Waals surface area contributed by atoms with Crippen molar-refractivity contribution in [2.45, 2.75) is 45.3 Å². The van der Waals surface area contributed by atoms with E-state index in [2.05, 4.69) is 19.2 Å². The number of methoxy groups -OCH3 is 1. The predicted molar refractivity (Wildman–Crippen MR) is 81.5 cm³/mol. The Labute approximate surface area is 122 Å². The first-order valence-electron chi connectivity index (χ1n) is 7.34. The normalized spacial score (nSPS) is 13.8. The van der Waals surface area contributed by atoms with Gasteiger partial charge in [-0.15, -0.1) is 0 Å². The molecule has 2 N–H and O–H groups in total. The smallest absolute Gasteiger partial charge is 0.161 e. The van der Waals surface area contributed by atoms with Gasteiger partial charge in [0.25, 0.3) is 0 Å². The summed E-state index contributed by atoms with van der Waals surface area (Å²) in [5.74, 6) is 1.34. The fourth-order valence-electron chi connectivity index (χ4n) is 1.93. The molecular weight excluding hydrogens is 254 g/mol. The minimum Gasteiger partial charge on any atom is -0.493 e. The Hall–Kier alpha value is -1.26. The molecule has 0 radical (unpaired) electrons. The number of unbranched alkanes of at least 4 members (excludes halogenated alkanes) is 1. The minimum absolute atomic E-state index is 0.258. The average Bonchev–Trinajstić information content (AvgIpc) is 2.48. The zero-order valence-corrected chi connectivity index (χ0v) is 12.8. The van der Waals surface area contributed by atoms with Crippen molar-refractivity contribution in [2.24, 2.45) is 0 Å². The van der Waals surface area contributed by atoms with Crippen molar-refractivity contribution in [1.82, 2.24) is 5.32 Å². The molecule has 0 saturated carbocycles. The van der Waals surface area contributed by atoms with Gasteiger partial charge in [-0.3, -0.25) is 0 Å². The maximum Gasteiger partial charge on any atom is 0.161 e. The molecular formula is C16H27NO3. The molecule has 0 aliphatic rings. The number of aliphatic hydroxyl groups excluding tert-OH is 1. The van der Waals surface area contributed by atoms with E-state index in [1.807, 2.05) is 24.3 Å². The molecule has 1 rings (SSSR count). The van der Waals surface area contributed by atoms with E-state index in [1.165, 1.54) is 12.8 Å². The van der Waals surface area contributed by atoms with Gasteiger partial charge >= 0.3 is 0 Å². The number of ether oxygens (including phenoxy) is 2. The van der Waals surface area contributed by atoms with Crippen molar-refractivity contribution < 1.29 is 14.6 Å². The Bertz CT molecular complexity index is 370. The van der Waals surface area contributed by atoms with Crippen LogP contribution in [-0.4, -0.2) is 37.5 Å². The fraction of sp³-hybridized carbons (Fsp3) is 0.625. The Morgan fingerprint density at radius 3 is 2.60 bits per heavy atom. The Kier molecular flexibility index (Phi) is 8.07. The molecule has 0 bridgehead atoms. The van der Waals surface area contributed by atoms with Crippen molar-refractivity contribution in [2.75, 3.05) is 20.3 Å². The largest absolute Gasteiger partial charge is 0.493 e. The summed E-state index contributed by atoms with van der Waals surface area (Å²) >= 11 is 0. The summed E-state index contributed by atoms with van der Waals surface area (Å²) in [6, 6.07) is 7.88. The zero-order valence-electron chi connectivity index (χ0n) is 12.8. The third kappa shape index (κ3) is 6.26. The lowest BCUT2D eigenvalue weighted by Crippen LogP contribution is -2.36. The molecule has 0 saturated heterocycles. The van der Waals surface area contributed by atoms with E-state index in [1.54, 1.807) is 7.11 Å². The van der Waals surface area contributed by atoms with E-state index < -0.39 is 6.10 Å². The van der Waals surface area contributed by atoms with E-state index in [9.17, 15) is 5.11 Å². The third-order valence-corrected chi connectivity index (χ3v) is 3.19. The summed E-state index contributed by atoms with van der Waals surface area (Å²) < 4.78 is 10.8. The summed E-state index contributed by atoms with van der Waals surface area (Å²) in [7, 11) is 1.61. The Morgan fingerprint density at radius 1 is 1.25 bits per heavy atom. The summed E-state index contributed by atoms with van der Waals surface area (Å²) in [6.45, 7) is 5.13. The first-order valence-corrected chi connectivity index (χ1v) is 7.34. The summed E-state index contributed by atoms with van der Waals surface area (Å²) in [6.07, 6.45) is 3.02. The number of para-hydroxylation sites is 2. The van der Waals surface area contributed by atoms with Gasteiger partial charge in [0.2, 0.25) is 0 Å². The molecule has 0 amide bonds. The second-order valence-electron chi connectivity index (χ2n) is 5.07. The van der Waals surface area contributed by atoms with Crippen molar-refractivity contribution >= 4 is 0 Å². The lowest BCUT2D eigenvalue weighted by atomic mass is 10.1. The van der Waals surface area contributed by atoms with E-state index in [-0.39, 0.29) is 6.61 Å².